The van der Waals surface area contributed by atoms with Crippen molar-refractivity contribution in [2.75, 3.05) is 0 Å². The third-order valence-electron chi connectivity index (χ3n) is 5.30. The van der Waals surface area contributed by atoms with Gasteiger partial charge in [-0.25, -0.2) is 0 Å². The summed E-state index contributed by atoms with van der Waals surface area (Å²) in [6, 6.07) is 0. The molecule has 0 heterocycles. The van der Waals surface area contributed by atoms with Gasteiger partial charge in [0, 0.05) is 9.75 Å². The normalized spacial score (nSPS) is 48.5. The lowest BCUT2D eigenvalue weighted by Crippen LogP contribution is -2.49. The van der Waals surface area contributed by atoms with Crippen LogP contribution < -0.4 is 0 Å². The number of alkyl halides is 2. The van der Waals surface area contributed by atoms with Crippen LogP contribution in [0.2, 0.25) is 0 Å². The molecule has 18 heavy (non-hydrogen) atoms. The van der Waals surface area contributed by atoms with Gasteiger partial charge in [-0.05, 0) is 69.6 Å². The Bertz CT molecular complexity index is 283. The van der Waals surface area contributed by atoms with Crippen LogP contribution >= 0.6 is 35.6 Å². The molecule has 5 atom stereocenters. The van der Waals surface area contributed by atoms with E-state index in [4.69, 9.17) is 23.2 Å². The molecule has 0 aromatic carbocycles. The van der Waals surface area contributed by atoms with Gasteiger partial charge in [0.15, 0.2) is 0 Å². The highest BCUT2D eigenvalue weighted by Gasteiger charge is 2.50. The van der Waals surface area contributed by atoms with Crippen molar-refractivity contribution < 1.29 is 0 Å². The van der Waals surface area contributed by atoms with E-state index in [1.807, 2.05) is 0 Å². The maximum atomic E-state index is 6.77. The SMILES string of the molecule is CC(C)C1CCC(C)(Cl)C2CCC(C)(Cl)CC12.Cl. The second-order valence-corrected chi connectivity index (χ2v) is 8.93. The standard InChI is InChI=1S/C15H26Cl2.ClH/c1-10(2)11-5-8-15(4,17)13-6-7-14(3,16)9-12(11)13;/h10-13H,5-9H2,1-4H3;1H. The Morgan fingerprint density at radius 1 is 1.06 bits per heavy atom. The first kappa shape index (κ1) is 16.9. The van der Waals surface area contributed by atoms with E-state index in [0.29, 0.717) is 5.92 Å². The molecule has 0 bridgehead atoms. The first-order chi connectivity index (χ1) is 7.73. The van der Waals surface area contributed by atoms with Crippen molar-refractivity contribution in [3.63, 3.8) is 0 Å². The summed E-state index contributed by atoms with van der Waals surface area (Å²) >= 11 is 13.4. The Morgan fingerprint density at radius 2 is 1.67 bits per heavy atom. The lowest BCUT2D eigenvalue weighted by atomic mass is 9.57. The molecule has 0 N–H and O–H groups in total. The Balaban J connectivity index is 0.00000162. The molecule has 0 radical (unpaired) electrons. The van der Waals surface area contributed by atoms with Crippen LogP contribution in [0.5, 0.6) is 0 Å². The first-order valence-electron chi connectivity index (χ1n) is 7.11. The summed E-state index contributed by atoms with van der Waals surface area (Å²) in [6.45, 7) is 9.18. The van der Waals surface area contributed by atoms with Crippen molar-refractivity contribution in [2.24, 2.45) is 23.7 Å². The molecule has 0 nitrogen and oxygen atoms in total. The number of fused-ring (bicyclic) bond motifs is 1. The minimum Gasteiger partial charge on any atom is -0.147 e. The molecule has 0 aromatic heterocycles. The minimum absolute atomic E-state index is 0. The van der Waals surface area contributed by atoms with Crippen LogP contribution in [0, 0.1) is 23.7 Å². The summed E-state index contributed by atoms with van der Waals surface area (Å²) < 4.78 is 0. The van der Waals surface area contributed by atoms with Crippen LogP contribution in [0.25, 0.3) is 0 Å². The molecular formula is C15H27Cl3. The van der Waals surface area contributed by atoms with E-state index in [0.717, 1.165) is 30.6 Å². The third kappa shape index (κ3) is 3.30. The van der Waals surface area contributed by atoms with Gasteiger partial charge >= 0.3 is 0 Å². The van der Waals surface area contributed by atoms with Gasteiger partial charge in [-0.2, -0.15) is 0 Å². The lowest BCUT2D eigenvalue weighted by molar-refractivity contribution is 0.0357. The van der Waals surface area contributed by atoms with Gasteiger partial charge in [-0.3, -0.25) is 0 Å². The van der Waals surface area contributed by atoms with Gasteiger partial charge in [0.2, 0.25) is 0 Å². The predicted octanol–water partition coefficient (Wildman–Crippen LogP) is 5.89. The molecule has 0 spiro atoms. The van der Waals surface area contributed by atoms with Gasteiger partial charge in [0.1, 0.15) is 0 Å². The maximum absolute atomic E-state index is 6.77. The Kier molecular flexibility index (Phi) is 5.36. The van der Waals surface area contributed by atoms with Gasteiger partial charge in [-0.1, -0.05) is 13.8 Å². The summed E-state index contributed by atoms with van der Waals surface area (Å²) in [5.41, 5.74) is 0. The molecule has 2 saturated carbocycles. The summed E-state index contributed by atoms with van der Waals surface area (Å²) in [5, 5.41) is 0. The monoisotopic (exact) mass is 312 g/mol. The fraction of sp³-hybridized carbons (Fsp3) is 1.00. The molecule has 2 aliphatic rings. The summed E-state index contributed by atoms with van der Waals surface area (Å²) in [5.74, 6) is 3.01. The molecule has 2 aliphatic carbocycles. The van der Waals surface area contributed by atoms with E-state index in [1.54, 1.807) is 0 Å². The zero-order valence-corrected chi connectivity index (χ0v) is 14.3. The molecule has 3 heteroatoms. The van der Waals surface area contributed by atoms with Crippen molar-refractivity contribution in [3.05, 3.63) is 0 Å². The zero-order valence-electron chi connectivity index (χ0n) is 12.0. The van der Waals surface area contributed by atoms with E-state index in [1.165, 1.54) is 19.3 Å². The molecule has 0 aliphatic heterocycles. The van der Waals surface area contributed by atoms with Gasteiger partial charge < -0.3 is 0 Å². The second-order valence-electron chi connectivity index (χ2n) is 7.15. The average molecular weight is 314 g/mol. The summed E-state index contributed by atoms with van der Waals surface area (Å²) in [6.07, 6.45) is 5.96. The van der Waals surface area contributed by atoms with Crippen LogP contribution in [-0.4, -0.2) is 9.75 Å². The van der Waals surface area contributed by atoms with Crippen molar-refractivity contribution in [3.8, 4) is 0 Å². The quantitative estimate of drug-likeness (QED) is 0.530. The van der Waals surface area contributed by atoms with E-state index < -0.39 is 0 Å². The zero-order chi connectivity index (χ0) is 12.8. The Hall–Kier alpha value is 0.870. The van der Waals surface area contributed by atoms with Crippen molar-refractivity contribution in [1.82, 2.24) is 0 Å². The van der Waals surface area contributed by atoms with Crippen LogP contribution in [0.1, 0.15) is 59.8 Å². The smallest absolute Gasteiger partial charge is 0.0449 e. The number of hydrogen-bond acceptors (Lipinski definition) is 0. The third-order valence-corrected chi connectivity index (χ3v) is 6.11. The molecule has 0 saturated heterocycles. The summed E-state index contributed by atoms with van der Waals surface area (Å²) in [7, 11) is 0. The van der Waals surface area contributed by atoms with Crippen molar-refractivity contribution in [1.29, 1.82) is 0 Å². The van der Waals surface area contributed by atoms with E-state index in [2.05, 4.69) is 27.7 Å². The molecule has 0 amide bonds. The van der Waals surface area contributed by atoms with E-state index in [-0.39, 0.29) is 22.2 Å². The highest BCUT2D eigenvalue weighted by molar-refractivity contribution is 6.24. The fourth-order valence-corrected chi connectivity index (χ4v) is 4.95. The lowest BCUT2D eigenvalue weighted by Gasteiger charge is -2.53. The van der Waals surface area contributed by atoms with Crippen LogP contribution in [0.4, 0.5) is 0 Å². The summed E-state index contributed by atoms with van der Waals surface area (Å²) in [4.78, 5) is 0.0298. The highest BCUT2D eigenvalue weighted by Crippen LogP contribution is 2.56. The Morgan fingerprint density at radius 3 is 2.22 bits per heavy atom. The number of hydrogen-bond donors (Lipinski definition) is 0. The maximum Gasteiger partial charge on any atom is 0.0449 e. The minimum atomic E-state index is 0. The van der Waals surface area contributed by atoms with E-state index >= 15 is 0 Å². The van der Waals surface area contributed by atoms with Gasteiger partial charge in [-0.15, -0.1) is 35.6 Å². The Labute approximate surface area is 129 Å². The van der Waals surface area contributed by atoms with Crippen molar-refractivity contribution >= 4 is 35.6 Å². The molecule has 2 rings (SSSR count). The van der Waals surface area contributed by atoms with Crippen LogP contribution in [0.3, 0.4) is 0 Å². The van der Waals surface area contributed by atoms with Crippen molar-refractivity contribution in [2.45, 2.75) is 69.5 Å². The van der Waals surface area contributed by atoms with Gasteiger partial charge in [0.05, 0.1) is 0 Å². The average Bonchev–Trinajstić information content (AvgIpc) is 2.14. The largest absolute Gasteiger partial charge is 0.147 e. The van der Waals surface area contributed by atoms with Crippen LogP contribution in [0.15, 0.2) is 0 Å². The molecular weight excluding hydrogens is 287 g/mol. The van der Waals surface area contributed by atoms with Crippen LogP contribution in [-0.2, 0) is 0 Å². The number of rotatable bonds is 1. The number of halogens is 3. The van der Waals surface area contributed by atoms with E-state index in [9.17, 15) is 0 Å². The first-order valence-corrected chi connectivity index (χ1v) is 7.86. The second kappa shape index (κ2) is 5.70. The topological polar surface area (TPSA) is 0 Å². The molecule has 0 aromatic rings. The predicted molar refractivity (Wildman–Crippen MR) is 84.2 cm³/mol. The van der Waals surface area contributed by atoms with Gasteiger partial charge in [0.25, 0.3) is 0 Å². The fourth-order valence-electron chi connectivity index (χ4n) is 4.28. The molecule has 2 fully saturated rings. The molecule has 5 unspecified atom stereocenters. The highest BCUT2D eigenvalue weighted by atomic mass is 35.5. The molecule has 108 valence electrons.